The van der Waals surface area contributed by atoms with Gasteiger partial charge >= 0.3 is 5.97 Å². The maximum atomic E-state index is 12.9. The monoisotopic (exact) mass is 449 g/mol. The lowest BCUT2D eigenvalue weighted by Gasteiger charge is -2.33. The Bertz CT molecular complexity index is 1130. The molecule has 0 radical (unpaired) electrons. The Morgan fingerprint density at radius 1 is 1.00 bits per heavy atom. The van der Waals surface area contributed by atoms with Crippen LogP contribution in [0.1, 0.15) is 47.5 Å². The van der Waals surface area contributed by atoms with E-state index in [4.69, 9.17) is 14.2 Å². The summed E-state index contributed by atoms with van der Waals surface area (Å²) in [6, 6.07) is 17.7. The fourth-order valence-corrected chi connectivity index (χ4v) is 4.51. The van der Waals surface area contributed by atoms with E-state index in [1.165, 1.54) is 24.3 Å². The lowest BCUT2D eigenvalue weighted by Crippen LogP contribution is -2.29. The van der Waals surface area contributed by atoms with E-state index in [1.807, 2.05) is 24.3 Å². The van der Waals surface area contributed by atoms with Gasteiger partial charge < -0.3 is 14.2 Å². The molecule has 0 unspecified atom stereocenters. The van der Waals surface area contributed by atoms with Crippen molar-refractivity contribution in [1.29, 1.82) is 0 Å². The van der Waals surface area contributed by atoms with Crippen LogP contribution < -0.4 is 4.74 Å². The van der Waals surface area contributed by atoms with Crippen LogP contribution in [0.5, 0.6) is 5.75 Å². The van der Waals surface area contributed by atoms with Crippen LogP contribution in [0.25, 0.3) is 10.8 Å². The van der Waals surface area contributed by atoms with Gasteiger partial charge in [0.1, 0.15) is 18.5 Å². The molecule has 33 heavy (non-hydrogen) atoms. The third kappa shape index (κ3) is 5.14. The molecule has 0 saturated heterocycles. The maximum Gasteiger partial charge on any atom is 0.338 e. The first kappa shape index (κ1) is 22.7. The van der Waals surface area contributed by atoms with E-state index in [9.17, 15) is 14.9 Å². The quantitative estimate of drug-likeness (QED) is 0.191. The summed E-state index contributed by atoms with van der Waals surface area (Å²) in [4.78, 5) is 23.3. The van der Waals surface area contributed by atoms with Crippen molar-refractivity contribution in [3.63, 3.8) is 0 Å². The average Bonchev–Trinajstić information content (AvgIpc) is 2.84. The van der Waals surface area contributed by atoms with Gasteiger partial charge in [-0.1, -0.05) is 36.8 Å². The third-order valence-corrected chi connectivity index (χ3v) is 6.12. The number of esters is 1. The highest BCUT2D eigenvalue weighted by Gasteiger charge is 2.33. The van der Waals surface area contributed by atoms with Crippen molar-refractivity contribution < 1.29 is 23.9 Å². The zero-order chi connectivity index (χ0) is 23.2. The lowest BCUT2D eigenvalue weighted by molar-refractivity contribution is -0.384. The molecule has 0 N–H and O–H groups in total. The van der Waals surface area contributed by atoms with Gasteiger partial charge in [-0.3, -0.25) is 10.1 Å². The zero-order valence-corrected chi connectivity index (χ0v) is 18.6. The Balaban J connectivity index is 1.64. The molecule has 0 amide bonds. The summed E-state index contributed by atoms with van der Waals surface area (Å²) in [5.41, 5.74) is 1.31. The van der Waals surface area contributed by atoms with E-state index >= 15 is 0 Å². The highest BCUT2D eigenvalue weighted by Crippen LogP contribution is 2.43. The molecular weight excluding hydrogens is 422 g/mol. The fraction of sp³-hybridized carbons (Fsp3) is 0.346. The molecule has 7 heteroatoms. The minimum atomic E-state index is -0.488. The number of ether oxygens (including phenoxy) is 3. The van der Waals surface area contributed by atoms with Gasteiger partial charge in [0.2, 0.25) is 0 Å². The largest absolute Gasteiger partial charge is 0.491 e. The maximum absolute atomic E-state index is 12.9. The molecule has 1 saturated carbocycles. The van der Waals surface area contributed by atoms with E-state index in [2.05, 4.69) is 12.1 Å². The molecule has 0 heterocycles. The van der Waals surface area contributed by atoms with Crippen LogP contribution in [0.2, 0.25) is 0 Å². The number of methoxy groups -OCH3 is 1. The van der Waals surface area contributed by atoms with Gasteiger partial charge in [0.25, 0.3) is 5.69 Å². The van der Waals surface area contributed by atoms with Crippen LogP contribution in [0.3, 0.4) is 0 Å². The molecular formula is C26H27NO6. The second-order valence-corrected chi connectivity index (χ2v) is 8.18. The first-order valence-electron chi connectivity index (χ1n) is 11.2. The van der Waals surface area contributed by atoms with Crippen LogP contribution in [-0.4, -0.2) is 37.3 Å². The van der Waals surface area contributed by atoms with Gasteiger partial charge in [-0.2, -0.15) is 0 Å². The number of nitro groups is 1. The lowest BCUT2D eigenvalue weighted by atomic mass is 9.79. The molecule has 2 atom stereocenters. The number of non-ortho nitro benzene ring substituents is 1. The summed E-state index contributed by atoms with van der Waals surface area (Å²) in [5, 5.41) is 13.1. The van der Waals surface area contributed by atoms with E-state index in [0.717, 1.165) is 47.8 Å². The summed E-state index contributed by atoms with van der Waals surface area (Å²) in [6.07, 6.45) is 3.34. The van der Waals surface area contributed by atoms with E-state index in [0.29, 0.717) is 18.8 Å². The van der Waals surface area contributed by atoms with Crippen LogP contribution in [-0.2, 0) is 9.47 Å². The predicted molar refractivity (Wildman–Crippen MR) is 125 cm³/mol. The minimum Gasteiger partial charge on any atom is -0.491 e. The molecule has 1 aliphatic carbocycles. The van der Waals surface area contributed by atoms with Crippen LogP contribution in [0.15, 0.2) is 60.7 Å². The number of benzene rings is 3. The van der Waals surface area contributed by atoms with E-state index < -0.39 is 10.9 Å². The van der Waals surface area contributed by atoms with Gasteiger partial charge in [-0.15, -0.1) is 0 Å². The van der Waals surface area contributed by atoms with Gasteiger partial charge in [-0.25, -0.2) is 4.79 Å². The second-order valence-electron chi connectivity index (χ2n) is 8.18. The molecule has 3 aromatic carbocycles. The molecule has 0 aromatic heterocycles. The van der Waals surface area contributed by atoms with E-state index in [1.54, 1.807) is 7.11 Å². The summed E-state index contributed by atoms with van der Waals surface area (Å²) in [5.74, 6) is 0.308. The fourth-order valence-electron chi connectivity index (χ4n) is 4.51. The molecule has 0 spiro atoms. The van der Waals surface area contributed by atoms with E-state index in [-0.39, 0.29) is 17.7 Å². The molecule has 0 aliphatic heterocycles. The number of fused-ring (bicyclic) bond motifs is 1. The number of hydrogen-bond acceptors (Lipinski definition) is 6. The van der Waals surface area contributed by atoms with Gasteiger partial charge in [0.05, 0.1) is 17.1 Å². The molecule has 1 fully saturated rings. The molecule has 1 aliphatic rings. The second kappa shape index (κ2) is 10.4. The highest BCUT2D eigenvalue weighted by molar-refractivity contribution is 5.90. The Hall–Kier alpha value is -3.45. The Labute approximate surface area is 192 Å². The van der Waals surface area contributed by atoms with Gasteiger partial charge in [-0.05, 0) is 48.2 Å². The van der Waals surface area contributed by atoms with Crippen molar-refractivity contribution in [3.8, 4) is 5.75 Å². The van der Waals surface area contributed by atoms with Gasteiger partial charge in [0, 0.05) is 30.7 Å². The number of rotatable bonds is 8. The minimum absolute atomic E-state index is 0.00982. The topological polar surface area (TPSA) is 87.9 Å². The third-order valence-electron chi connectivity index (χ3n) is 6.12. The average molecular weight is 450 g/mol. The zero-order valence-electron chi connectivity index (χ0n) is 18.6. The number of carbonyl (C=O) groups excluding carboxylic acids is 1. The highest BCUT2D eigenvalue weighted by atomic mass is 16.6. The predicted octanol–water partition coefficient (Wildman–Crippen LogP) is 5.66. The first-order valence-corrected chi connectivity index (χ1v) is 11.2. The van der Waals surface area contributed by atoms with Crippen LogP contribution in [0.4, 0.5) is 5.69 Å². The van der Waals surface area contributed by atoms with Crippen molar-refractivity contribution in [3.05, 3.63) is 81.9 Å². The van der Waals surface area contributed by atoms with Crippen LogP contribution in [0, 0.1) is 10.1 Å². The Kier molecular flexibility index (Phi) is 7.19. The normalized spacial score (nSPS) is 18.1. The number of hydrogen-bond donors (Lipinski definition) is 0. The molecule has 7 nitrogen and oxygen atoms in total. The summed E-state index contributed by atoms with van der Waals surface area (Å²) in [7, 11) is 1.64. The Morgan fingerprint density at radius 3 is 2.52 bits per heavy atom. The van der Waals surface area contributed by atoms with Crippen LogP contribution >= 0.6 is 0 Å². The summed E-state index contributed by atoms with van der Waals surface area (Å²) in [6.45, 7) is 0.914. The van der Waals surface area contributed by atoms with Crippen molar-refractivity contribution in [2.75, 3.05) is 20.3 Å². The summed E-state index contributed by atoms with van der Waals surface area (Å²) >= 11 is 0. The van der Waals surface area contributed by atoms with Crippen molar-refractivity contribution >= 4 is 22.4 Å². The number of nitrogens with zero attached hydrogens (tertiary/aromatic N) is 1. The van der Waals surface area contributed by atoms with Crippen molar-refractivity contribution in [2.24, 2.45) is 0 Å². The standard InChI is InChI=1S/C26H27NO6/c1-31-16-17-32-24-15-12-18-6-2-3-7-21(18)25(24)22-8-4-5-9-23(22)33-26(28)19-10-13-20(14-11-19)27(29)30/h2-3,6-7,10-15,22-23H,4-5,8-9,16-17H2,1H3/t22-,23+/m1/s1. The van der Waals surface area contributed by atoms with Crippen molar-refractivity contribution in [2.45, 2.75) is 37.7 Å². The molecule has 172 valence electrons. The number of nitro benzene ring substituents is 1. The van der Waals surface area contributed by atoms with Gasteiger partial charge in [0.15, 0.2) is 0 Å². The van der Waals surface area contributed by atoms with Crippen molar-refractivity contribution in [1.82, 2.24) is 0 Å². The smallest absolute Gasteiger partial charge is 0.338 e. The molecule has 4 rings (SSSR count). The first-order chi connectivity index (χ1) is 16.1. The Morgan fingerprint density at radius 2 is 1.76 bits per heavy atom. The molecule has 3 aromatic rings. The number of carbonyl (C=O) groups is 1. The SMILES string of the molecule is COCCOc1ccc2ccccc2c1[C@@H]1CCCC[C@@H]1OC(=O)c1ccc([N+](=O)[O-])cc1. The molecule has 0 bridgehead atoms. The summed E-state index contributed by atoms with van der Waals surface area (Å²) < 4.78 is 17.2.